The van der Waals surface area contributed by atoms with Crippen LogP contribution in [0.1, 0.15) is 30.2 Å². The fourth-order valence-corrected chi connectivity index (χ4v) is 3.37. The van der Waals surface area contributed by atoms with Crippen molar-refractivity contribution in [1.82, 2.24) is 10.2 Å². The summed E-state index contributed by atoms with van der Waals surface area (Å²) in [5.74, 6) is -0.766. The molecule has 2 aliphatic rings. The average molecular weight is 278 g/mol. The lowest BCUT2D eigenvalue weighted by Crippen LogP contribution is -2.58. The van der Waals surface area contributed by atoms with Gasteiger partial charge in [0.15, 0.2) is 0 Å². The zero-order valence-electron chi connectivity index (χ0n) is 10.6. The van der Waals surface area contributed by atoms with Crippen LogP contribution >= 0.6 is 11.3 Å². The van der Waals surface area contributed by atoms with Crippen LogP contribution in [0.15, 0.2) is 11.4 Å². The molecule has 5 nitrogen and oxygen atoms in total. The van der Waals surface area contributed by atoms with Gasteiger partial charge in [0.05, 0.1) is 6.54 Å². The van der Waals surface area contributed by atoms with Crippen LogP contribution in [0.2, 0.25) is 0 Å². The Morgan fingerprint density at radius 3 is 2.74 bits per heavy atom. The second-order valence-corrected chi connectivity index (χ2v) is 5.96. The maximum atomic E-state index is 12.3. The first kappa shape index (κ1) is 12.3. The minimum absolute atomic E-state index is 0.264. The third-order valence-electron chi connectivity index (χ3n) is 3.83. The molecular formula is C13H14N2O3S. The molecule has 2 heterocycles. The van der Waals surface area contributed by atoms with Gasteiger partial charge in [-0.25, -0.2) is 4.79 Å². The highest BCUT2D eigenvalue weighted by Gasteiger charge is 2.62. The Morgan fingerprint density at radius 1 is 1.37 bits per heavy atom. The van der Waals surface area contributed by atoms with Gasteiger partial charge in [0.25, 0.3) is 0 Å². The Balaban J connectivity index is 1.86. The third kappa shape index (κ3) is 1.78. The Bertz CT molecular complexity index is 574. The van der Waals surface area contributed by atoms with Crippen molar-refractivity contribution in [1.29, 1.82) is 0 Å². The van der Waals surface area contributed by atoms with Gasteiger partial charge >= 0.3 is 6.03 Å². The summed E-state index contributed by atoms with van der Waals surface area (Å²) >= 11 is 1.53. The number of nitrogens with zero attached hydrogens (tertiary/aromatic N) is 1. The van der Waals surface area contributed by atoms with E-state index in [1.165, 1.54) is 16.2 Å². The average Bonchev–Trinajstić information content (AvgIpc) is 3.07. The maximum Gasteiger partial charge on any atom is 0.331 e. The summed E-state index contributed by atoms with van der Waals surface area (Å²) in [6.45, 7) is 2.30. The first-order valence-corrected chi connectivity index (χ1v) is 7.19. The van der Waals surface area contributed by atoms with Crippen molar-refractivity contribution in [3.63, 3.8) is 0 Å². The van der Waals surface area contributed by atoms with E-state index in [-0.39, 0.29) is 12.5 Å². The molecule has 1 aromatic heterocycles. The number of barbiturate groups is 1. The minimum atomic E-state index is -0.947. The van der Waals surface area contributed by atoms with E-state index in [0.29, 0.717) is 12.8 Å². The molecule has 6 heteroatoms. The number of carbonyl (C=O) groups excluding carboxylic acids is 3. The number of aryl methyl sites for hydroxylation is 1. The van der Waals surface area contributed by atoms with Gasteiger partial charge in [0.1, 0.15) is 5.41 Å². The monoisotopic (exact) mass is 278 g/mol. The van der Waals surface area contributed by atoms with Gasteiger partial charge in [0.2, 0.25) is 11.8 Å². The van der Waals surface area contributed by atoms with Crippen LogP contribution in [0.3, 0.4) is 0 Å². The first-order valence-electron chi connectivity index (χ1n) is 6.31. The van der Waals surface area contributed by atoms with Crippen molar-refractivity contribution in [2.24, 2.45) is 5.41 Å². The normalized spacial score (nSPS) is 20.9. The van der Waals surface area contributed by atoms with Gasteiger partial charge in [-0.15, -0.1) is 11.3 Å². The molecule has 4 amide bonds. The van der Waals surface area contributed by atoms with Gasteiger partial charge < -0.3 is 0 Å². The fraction of sp³-hybridized carbons (Fsp3) is 0.462. The van der Waals surface area contributed by atoms with E-state index >= 15 is 0 Å². The SMILES string of the molecule is CCc1ccsc1CN1C(=O)NC(=O)C2(CC2)C1=O. The van der Waals surface area contributed by atoms with Crippen LogP contribution in [0.5, 0.6) is 0 Å². The van der Waals surface area contributed by atoms with Crippen LogP contribution in [0, 0.1) is 5.41 Å². The van der Waals surface area contributed by atoms with Gasteiger partial charge in [0, 0.05) is 4.88 Å². The van der Waals surface area contributed by atoms with E-state index in [2.05, 4.69) is 5.32 Å². The van der Waals surface area contributed by atoms with E-state index in [4.69, 9.17) is 0 Å². The maximum absolute atomic E-state index is 12.3. The smallest absolute Gasteiger partial charge is 0.277 e. The second-order valence-electron chi connectivity index (χ2n) is 4.96. The lowest BCUT2D eigenvalue weighted by atomic mass is 10.0. The highest BCUT2D eigenvalue weighted by molar-refractivity contribution is 7.10. The number of imide groups is 2. The van der Waals surface area contributed by atoms with Crippen molar-refractivity contribution in [2.75, 3.05) is 0 Å². The molecule has 1 aliphatic heterocycles. The molecule has 1 aromatic rings. The molecular weight excluding hydrogens is 264 g/mol. The quantitative estimate of drug-likeness (QED) is 0.855. The standard InChI is InChI=1S/C13H14N2O3S/c1-2-8-3-6-19-9(8)7-15-11(17)13(4-5-13)10(16)14-12(15)18/h3,6H,2,4-5,7H2,1H3,(H,14,16,18). The van der Waals surface area contributed by atoms with E-state index in [1.807, 2.05) is 18.4 Å². The van der Waals surface area contributed by atoms with E-state index in [9.17, 15) is 14.4 Å². The Morgan fingerprint density at radius 2 is 2.11 bits per heavy atom. The Hall–Kier alpha value is -1.69. The van der Waals surface area contributed by atoms with E-state index < -0.39 is 17.4 Å². The lowest BCUT2D eigenvalue weighted by Gasteiger charge is -2.30. The summed E-state index contributed by atoms with van der Waals surface area (Å²) in [6, 6.07) is 1.41. The number of rotatable bonds is 3. The van der Waals surface area contributed by atoms with Crippen molar-refractivity contribution in [3.8, 4) is 0 Å². The zero-order valence-corrected chi connectivity index (χ0v) is 11.4. The highest BCUT2D eigenvalue weighted by Crippen LogP contribution is 2.49. The minimum Gasteiger partial charge on any atom is -0.277 e. The van der Waals surface area contributed by atoms with Crippen LogP contribution in [0.4, 0.5) is 4.79 Å². The van der Waals surface area contributed by atoms with E-state index in [0.717, 1.165) is 16.9 Å². The molecule has 2 fully saturated rings. The Kier molecular flexibility index (Phi) is 2.70. The molecule has 1 saturated heterocycles. The number of urea groups is 1. The van der Waals surface area contributed by atoms with Crippen LogP contribution in [-0.2, 0) is 22.6 Å². The summed E-state index contributed by atoms with van der Waals surface area (Å²) in [7, 11) is 0. The van der Waals surface area contributed by atoms with E-state index in [1.54, 1.807) is 0 Å². The van der Waals surface area contributed by atoms with Gasteiger partial charge in [-0.3, -0.25) is 19.8 Å². The zero-order chi connectivity index (χ0) is 13.6. The van der Waals surface area contributed by atoms with Crippen molar-refractivity contribution >= 4 is 29.2 Å². The Labute approximate surface area is 114 Å². The third-order valence-corrected chi connectivity index (χ3v) is 4.77. The lowest BCUT2D eigenvalue weighted by molar-refractivity contribution is -0.145. The largest absolute Gasteiger partial charge is 0.331 e. The summed E-state index contributed by atoms with van der Waals surface area (Å²) in [6.07, 6.45) is 1.96. The van der Waals surface area contributed by atoms with Gasteiger partial charge in [-0.05, 0) is 36.3 Å². The molecule has 1 spiro atoms. The van der Waals surface area contributed by atoms with Crippen LogP contribution in [-0.4, -0.2) is 22.7 Å². The highest BCUT2D eigenvalue weighted by atomic mass is 32.1. The molecule has 3 rings (SSSR count). The van der Waals surface area contributed by atoms with Crippen molar-refractivity contribution in [3.05, 3.63) is 21.9 Å². The molecule has 1 aliphatic carbocycles. The topological polar surface area (TPSA) is 66.5 Å². The molecule has 0 bridgehead atoms. The number of hydrogen-bond acceptors (Lipinski definition) is 4. The van der Waals surface area contributed by atoms with Crippen LogP contribution in [0.25, 0.3) is 0 Å². The molecule has 0 atom stereocenters. The molecule has 0 radical (unpaired) electrons. The number of carbonyl (C=O) groups is 3. The van der Waals surface area contributed by atoms with Crippen molar-refractivity contribution < 1.29 is 14.4 Å². The van der Waals surface area contributed by atoms with Crippen LogP contribution < -0.4 is 5.32 Å². The molecule has 0 aromatic carbocycles. The molecule has 0 unspecified atom stereocenters. The molecule has 1 N–H and O–H groups in total. The summed E-state index contributed by atoms with van der Waals surface area (Å²) in [5.41, 5.74) is 0.199. The molecule has 19 heavy (non-hydrogen) atoms. The summed E-state index contributed by atoms with van der Waals surface area (Å²) < 4.78 is 0. The summed E-state index contributed by atoms with van der Waals surface area (Å²) in [4.78, 5) is 38.0. The van der Waals surface area contributed by atoms with Crippen molar-refractivity contribution in [2.45, 2.75) is 32.7 Å². The molecule has 1 saturated carbocycles. The number of amides is 4. The van der Waals surface area contributed by atoms with Gasteiger partial charge in [-0.1, -0.05) is 6.92 Å². The number of thiophene rings is 1. The van der Waals surface area contributed by atoms with Gasteiger partial charge in [-0.2, -0.15) is 0 Å². The summed E-state index contributed by atoms with van der Waals surface area (Å²) in [5, 5.41) is 4.25. The molecule has 100 valence electrons. The predicted octanol–water partition coefficient (Wildman–Crippen LogP) is 1.67. The predicted molar refractivity (Wildman–Crippen MR) is 69.5 cm³/mol. The first-order chi connectivity index (χ1) is 9.08. The number of hydrogen-bond donors (Lipinski definition) is 1. The fourth-order valence-electron chi connectivity index (χ4n) is 2.41. The second kappa shape index (κ2) is 4.16. The number of nitrogens with one attached hydrogen (secondary N) is 1.